The molecule has 0 radical (unpaired) electrons. The Labute approximate surface area is 250 Å². The number of ether oxygens (including phenoxy) is 1. The van der Waals surface area contributed by atoms with Crippen LogP contribution >= 0.6 is 22.6 Å². The van der Waals surface area contributed by atoms with E-state index < -0.39 is 0 Å². The topological polar surface area (TPSA) is 15.7 Å². The highest BCUT2D eigenvalue weighted by molar-refractivity contribution is 14.1. The van der Waals surface area contributed by atoms with Crippen LogP contribution in [0.2, 0.25) is 0 Å². The first kappa shape index (κ1) is 27.0. The van der Waals surface area contributed by atoms with Crippen molar-refractivity contribution in [2.24, 2.45) is 0 Å². The maximum Gasteiger partial charge on any atom is 0.127 e. The zero-order valence-electron chi connectivity index (χ0n) is 22.0. The minimum atomic E-state index is 0.759. The van der Waals surface area contributed by atoms with Gasteiger partial charge in [-0.2, -0.15) is 0 Å². The van der Waals surface area contributed by atoms with Gasteiger partial charge in [0, 0.05) is 37.7 Å². The van der Waals surface area contributed by atoms with E-state index in [-0.39, 0.29) is 0 Å². The molecule has 196 valence electrons. The van der Waals surface area contributed by atoms with Crippen LogP contribution in [-0.2, 0) is 0 Å². The first-order chi connectivity index (χ1) is 19.7. The van der Waals surface area contributed by atoms with E-state index in [0.29, 0.717) is 0 Å². The van der Waals surface area contributed by atoms with Gasteiger partial charge in [0.2, 0.25) is 0 Å². The quantitative estimate of drug-likeness (QED) is 0.113. The van der Waals surface area contributed by atoms with Crippen molar-refractivity contribution in [3.05, 3.63) is 174 Å². The van der Waals surface area contributed by atoms with E-state index in [2.05, 4.69) is 118 Å². The van der Waals surface area contributed by atoms with Crippen molar-refractivity contribution >= 4 is 51.0 Å². The molecule has 0 N–H and O–H groups in total. The van der Waals surface area contributed by atoms with Gasteiger partial charge in [0.1, 0.15) is 11.5 Å². The molecule has 0 atom stereocenters. The van der Waals surface area contributed by atoms with Gasteiger partial charge in [0.05, 0.1) is 0 Å². The summed E-state index contributed by atoms with van der Waals surface area (Å²) in [5, 5.41) is 0. The molecule has 3 nitrogen and oxygen atoms in total. The Kier molecular flexibility index (Phi) is 8.79. The van der Waals surface area contributed by atoms with Crippen molar-refractivity contribution in [1.82, 2.24) is 0 Å². The Balaban J connectivity index is 1.39. The summed E-state index contributed by atoms with van der Waals surface area (Å²) in [4.78, 5) is 4.38. The Hall–Kier alpha value is -4.55. The second-order valence-corrected chi connectivity index (χ2v) is 10.2. The van der Waals surface area contributed by atoms with E-state index in [1.807, 2.05) is 72.8 Å². The number of para-hydroxylation sites is 2. The highest BCUT2D eigenvalue weighted by Gasteiger charge is 2.14. The molecular weight excluding hydrogens is 603 g/mol. The molecule has 4 heteroatoms. The van der Waals surface area contributed by atoms with Crippen LogP contribution in [-0.4, -0.2) is 0 Å². The van der Waals surface area contributed by atoms with E-state index >= 15 is 0 Å². The third-order valence-electron chi connectivity index (χ3n) is 6.28. The lowest BCUT2D eigenvalue weighted by Crippen LogP contribution is -2.14. The Morgan fingerprint density at radius 2 is 1.07 bits per heavy atom. The van der Waals surface area contributed by atoms with Crippen LogP contribution in [0.5, 0.6) is 11.5 Å². The molecule has 0 spiro atoms. The van der Waals surface area contributed by atoms with Gasteiger partial charge >= 0.3 is 0 Å². The molecule has 40 heavy (non-hydrogen) atoms. The normalized spacial score (nSPS) is 11.0. The Morgan fingerprint density at radius 3 is 1.62 bits per heavy atom. The number of halogens is 1. The monoisotopic (exact) mass is 632 g/mol. The summed E-state index contributed by atoms with van der Waals surface area (Å²) in [6.07, 6.45) is 5.54. The van der Waals surface area contributed by atoms with Crippen LogP contribution in [0.1, 0.15) is 0 Å². The third kappa shape index (κ3) is 6.35. The van der Waals surface area contributed by atoms with E-state index in [0.717, 1.165) is 45.6 Å². The van der Waals surface area contributed by atoms with Gasteiger partial charge in [-0.3, -0.25) is 0 Å². The molecule has 0 bridgehead atoms. The molecule has 0 saturated carbocycles. The van der Waals surface area contributed by atoms with Crippen LogP contribution < -0.4 is 14.5 Å². The van der Waals surface area contributed by atoms with Gasteiger partial charge in [-0.05, 0) is 126 Å². The molecule has 0 amide bonds. The predicted octanol–water partition coefficient (Wildman–Crippen LogP) is 10.9. The number of nitrogens with zero attached hydrogens (tertiary/aromatic N) is 2. The van der Waals surface area contributed by atoms with Gasteiger partial charge in [0.25, 0.3) is 0 Å². The molecule has 5 aromatic carbocycles. The summed E-state index contributed by atoms with van der Waals surface area (Å²) in [5.41, 5.74) is 6.23. The molecule has 0 fully saturated rings. The number of hydrogen-bond acceptors (Lipinski definition) is 3. The molecule has 0 heterocycles. The number of rotatable bonds is 10. The van der Waals surface area contributed by atoms with Crippen molar-refractivity contribution in [2.75, 3.05) is 9.80 Å². The maximum atomic E-state index is 6.23. The highest BCUT2D eigenvalue weighted by Crippen LogP contribution is 2.37. The summed E-state index contributed by atoms with van der Waals surface area (Å²) < 4.78 is 7.41. The largest absolute Gasteiger partial charge is 0.457 e. The number of anilines is 5. The van der Waals surface area contributed by atoms with Gasteiger partial charge < -0.3 is 14.5 Å². The molecule has 5 rings (SSSR count). The maximum absolute atomic E-state index is 6.23. The average molecular weight is 633 g/mol. The van der Waals surface area contributed by atoms with Crippen LogP contribution in [0, 0.1) is 3.57 Å². The Bertz CT molecular complexity index is 1600. The van der Waals surface area contributed by atoms with Gasteiger partial charge in [-0.15, -0.1) is 0 Å². The van der Waals surface area contributed by atoms with Gasteiger partial charge in [-0.25, -0.2) is 0 Å². The zero-order chi connectivity index (χ0) is 27.7. The fourth-order valence-corrected chi connectivity index (χ4v) is 5.01. The van der Waals surface area contributed by atoms with Gasteiger partial charge in [-0.1, -0.05) is 61.7 Å². The smallest absolute Gasteiger partial charge is 0.127 e. The molecule has 0 saturated heterocycles. The average Bonchev–Trinajstić information content (AvgIpc) is 3.00. The molecule has 5 aromatic rings. The SMILES string of the molecule is C=C/C=C(\C=C)N(c1ccccc1)c1ccc(Oc2ccc(N(c3ccccc3)c3cccc(I)c3)cc2)cc1. The number of benzene rings is 5. The van der Waals surface area contributed by atoms with Crippen LogP contribution in [0.25, 0.3) is 0 Å². The van der Waals surface area contributed by atoms with Crippen molar-refractivity contribution in [1.29, 1.82) is 0 Å². The second kappa shape index (κ2) is 13.0. The van der Waals surface area contributed by atoms with Crippen molar-refractivity contribution in [3.8, 4) is 11.5 Å². The number of allylic oxidation sites excluding steroid dienone is 3. The Morgan fingerprint density at radius 1 is 0.575 bits per heavy atom. The fraction of sp³-hybridized carbons (Fsp3) is 0. The molecule has 0 aliphatic rings. The lowest BCUT2D eigenvalue weighted by atomic mass is 10.2. The minimum Gasteiger partial charge on any atom is -0.457 e. The summed E-state index contributed by atoms with van der Waals surface area (Å²) in [7, 11) is 0. The molecule has 0 aliphatic carbocycles. The van der Waals surface area contributed by atoms with E-state index in [9.17, 15) is 0 Å². The number of hydrogen-bond donors (Lipinski definition) is 0. The zero-order valence-corrected chi connectivity index (χ0v) is 24.2. The first-order valence-corrected chi connectivity index (χ1v) is 14.0. The van der Waals surface area contributed by atoms with Crippen LogP contribution in [0.15, 0.2) is 171 Å². The summed E-state index contributed by atoms with van der Waals surface area (Å²) in [6, 6.07) is 45.3. The molecular formula is C36H29IN2O. The van der Waals surface area contributed by atoms with E-state index in [1.165, 1.54) is 3.57 Å². The highest BCUT2D eigenvalue weighted by atomic mass is 127. The summed E-state index contributed by atoms with van der Waals surface area (Å²) in [6.45, 7) is 7.86. The summed E-state index contributed by atoms with van der Waals surface area (Å²) >= 11 is 2.35. The van der Waals surface area contributed by atoms with E-state index in [1.54, 1.807) is 6.08 Å². The third-order valence-corrected chi connectivity index (χ3v) is 6.95. The predicted molar refractivity (Wildman–Crippen MR) is 177 cm³/mol. The first-order valence-electron chi connectivity index (χ1n) is 13.0. The van der Waals surface area contributed by atoms with Crippen molar-refractivity contribution in [2.45, 2.75) is 0 Å². The molecule has 0 aliphatic heterocycles. The van der Waals surface area contributed by atoms with Gasteiger partial charge in [0.15, 0.2) is 0 Å². The van der Waals surface area contributed by atoms with Crippen molar-refractivity contribution < 1.29 is 4.74 Å². The molecule has 0 aromatic heterocycles. The second-order valence-electron chi connectivity index (χ2n) is 8.94. The van der Waals surface area contributed by atoms with Crippen LogP contribution in [0.4, 0.5) is 28.4 Å². The van der Waals surface area contributed by atoms with E-state index in [4.69, 9.17) is 4.74 Å². The lowest BCUT2D eigenvalue weighted by molar-refractivity contribution is 0.483. The molecule has 0 unspecified atom stereocenters. The minimum absolute atomic E-state index is 0.759. The summed E-state index contributed by atoms with van der Waals surface area (Å²) in [5.74, 6) is 1.53. The lowest BCUT2D eigenvalue weighted by Gasteiger charge is -2.26. The van der Waals surface area contributed by atoms with Crippen LogP contribution in [0.3, 0.4) is 0 Å². The van der Waals surface area contributed by atoms with Crippen molar-refractivity contribution in [3.63, 3.8) is 0 Å². The fourth-order valence-electron chi connectivity index (χ4n) is 4.48. The standard InChI is InChI=1S/C36H29IN2O/c1-3-12-29(4-2)38(30-14-7-5-8-15-30)32-19-23-35(24-20-32)40-36-25-21-33(22-26-36)39(31-16-9-6-10-17-31)34-18-11-13-28(37)27-34/h3-27H,1-2H2/b29-12+.